The molecule has 2 saturated heterocycles. The molecule has 1 aromatic carbocycles. The number of nitrogens with one attached hydrogen (secondary N) is 1. The number of amides is 1. The van der Waals surface area contributed by atoms with Crippen molar-refractivity contribution < 1.29 is 19.4 Å². The fraction of sp³-hybridized carbons (Fsp3) is 0.650. The van der Waals surface area contributed by atoms with Gasteiger partial charge in [-0.1, -0.05) is 17.7 Å². The predicted molar refractivity (Wildman–Crippen MR) is 99.2 cm³/mol. The van der Waals surface area contributed by atoms with E-state index in [2.05, 4.69) is 10.2 Å². The van der Waals surface area contributed by atoms with Gasteiger partial charge in [-0.15, -0.1) is 0 Å². The molecule has 2 heterocycles. The van der Waals surface area contributed by atoms with E-state index in [1.165, 1.54) is 0 Å². The number of hydrogen-bond donors (Lipinski definition) is 2. The van der Waals surface area contributed by atoms with Gasteiger partial charge in [-0.3, -0.25) is 9.69 Å². The lowest BCUT2D eigenvalue weighted by molar-refractivity contribution is -0.134. The highest BCUT2D eigenvalue weighted by Crippen LogP contribution is 2.25. The van der Waals surface area contributed by atoms with Gasteiger partial charge in [0, 0.05) is 31.8 Å². The van der Waals surface area contributed by atoms with E-state index in [0.717, 1.165) is 25.1 Å². The van der Waals surface area contributed by atoms with Crippen LogP contribution in [0.15, 0.2) is 24.3 Å². The van der Waals surface area contributed by atoms with E-state index in [1.807, 2.05) is 31.2 Å². The number of aryl methyl sites for hydroxylation is 1. The molecule has 0 spiro atoms. The Bertz CT molecular complexity index is 617. The minimum atomic E-state index is -0.936. The van der Waals surface area contributed by atoms with Crippen LogP contribution in [0.5, 0.6) is 5.75 Å². The van der Waals surface area contributed by atoms with Crippen LogP contribution in [0.4, 0.5) is 0 Å². The average molecular weight is 362 g/mol. The van der Waals surface area contributed by atoms with Crippen molar-refractivity contribution in [2.24, 2.45) is 0 Å². The summed E-state index contributed by atoms with van der Waals surface area (Å²) in [6.07, 6.45) is 1.64. The van der Waals surface area contributed by atoms with Crippen LogP contribution in [-0.4, -0.2) is 66.0 Å². The van der Waals surface area contributed by atoms with Crippen LogP contribution >= 0.6 is 0 Å². The number of carbonyl (C=O) groups excluding carboxylic acids is 1. The quantitative estimate of drug-likeness (QED) is 0.802. The number of ether oxygens (including phenoxy) is 2. The summed E-state index contributed by atoms with van der Waals surface area (Å²) in [5.41, 5.74) is 0.220. The Morgan fingerprint density at radius 2 is 2.08 bits per heavy atom. The molecule has 144 valence electrons. The lowest BCUT2D eigenvalue weighted by atomic mass is 10.1. The van der Waals surface area contributed by atoms with E-state index in [0.29, 0.717) is 24.8 Å². The van der Waals surface area contributed by atoms with Gasteiger partial charge in [-0.25, -0.2) is 0 Å². The fourth-order valence-corrected chi connectivity index (χ4v) is 3.67. The van der Waals surface area contributed by atoms with E-state index in [4.69, 9.17) is 14.6 Å². The van der Waals surface area contributed by atoms with Gasteiger partial charge in [-0.2, -0.15) is 0 Å². The molecule has 6 nitrogen and oxygen atoms in total. The summed E-state index contributed by atoms with van der Waals surface area (Å²) < 4.78 is 11.7. The summed E-state index contributed by atoms with van der Waals surface area (Å²) >= 11 is 0. The molecule has 2 N–H and O–H groups in total. The summed E-state index contributed by atoms with van der Waals surface area (Å²) in [6, 6.07) is 8.17. The molecule has 0 aromatic heterocycles. The number of benzene rings is 1. The molecule has 1 aromatic rings. The number of aliphatic hydroxyl groups excluding tert-OH is 1. The molecule has 1 amide bonds. The van der Waals surface area contributed by atoms with Gasteiger partial charge in [0.15, 0.2) is 5.60 Å². The molecule has 0 radical (unpaired) electrons. The van der Waals surface area contributed by atoms with E-state index in [9.17, 15) is 4.79 Å². The Balaban J connectivity index is 1.53. The summed E-state index contributed by atoms with van der Waals surface area (Å²) in [5, 5.41) is 12.2. The maximum Gasteiger partial charge on any atom is 0.263 e. The minimum Gasteiger partial charge on any atom is -0.478 e. The maximum absolute atomic E-state index is 12.7. The van der Waals surface area contributed by atoms with Crippen molar-refractivity contribution in [1.29, 1.82) is 0 Å². The van der Waals surface area contributed by atoms with Crippen LogP contribution < -0.4 is 10.1 Å². The number of hydrogen-bond acceptors (Lipinski definition) is 5. The van der Waals surface area contributed by atoms with Gasteiger partial charge >= 0.3 is 0 Å². The topological polar surface area (TPSA) is 71.0 Å². The number of carbonyl (C=O) groups is 1. The highest BCUT2D eigenvalue weighted by atomic mass is 16.5. The monoisotopic (exact) mass is 362 g/mol. The van der Waals surface area contributed by atoms with E-state index >= 15 is 0 Å². The van der Waals surface area contributed by atoms with Gasteiger partial charge in [0.2, 0.25) is 0 Å². The molecular formula is C20H30N2O4. The number of aliphatic hydroxyl groups is 1. The Labute approximate surface area is 155 Å². The van der Waals surface area contributed by atoms with Crippen molar-refractivity contribution in [2.45, 2.75) is 57.4 Å². The number of morpholine rings is 1. The number of rotatable bonds is 6. The van der Waals surface area contributed by atoms with Crippen molar-refractivity contribution in [2.75, 3.05) is 26.3 Å². The molecule has 0 unspecified atom stereocenters. The zero-order valence-electron chi connectivity index (χ0n) is 15.9. The molecule has 0 aliphatic carbocycles. The largest absolute Gasteiger partial charge is 0.478 e. The first-order chi connectivity index (χ1) is 12.4. The first-order valence-corrected chi connectivity index (χ1v) is 9.40. The molecule has 2 fully saturated rings. The summed E-state index contributed by atoms with van der Waals surface area (Å²) in [5.74, 6) is 0.593. The minimum absolute atomic E-state index is 0.0898. The van der Waals surface area contributed by atoms with Gasteiger partial charge in [0.05, 0.1) is 12.7 Å². The molecule has 26 heavy (non-hydrogen) atoms. The molecule has 0 bridgehead atoms. The van der Waals surface area contributed by atoms with Gasteiger partial charge in [-0.05, 0) is 45.7 Å². The normalized spacial score (nSPS) is 26.4. The smallest absolute Gasteiger partial charge is 0.263 e. The zero-order valence-corrected chi connectivity index (χ0v) is 15.9. The van der Waals surface area contributed by atoms with Gasteiger partial charge in [0.25, 0.3) is 5.91 Å². The van der Waals surface area contributed by atoms with Crippen LogP contribution in [0.2, 0.25) is 0 Å². The predicted octanol–water partition coefficient (Wildman–Crippen LogP) is 1.49. The Morgan fingerprint density at radius 3 is 2.77 bits per heavy atom. The van der Waals surface area contributed by atoms with Gasteiger partial charge < -0.3 is 19.9 Å². The Hall–Kier alpha value is -1.63. The van der Waals surface area contributed by atoms with Crippen molar-refractivity contribution >= 4 is 5.91 Å². The average Bonchev–Trinajstić information content (AvgIpc) is 2.98. The first-order valence-electron chi connectivity index (χ1n) is 9.40. The third kappa shape index (κ3) is 4.55. The maximum atomic E-state index is 12.7. The second-order valence-corrected chi connectivity index (χ2v) is 7.91. The molecule has 3 atom stereocenters. The van der Waals surface area contributed by atoms with Crippen LogP contribution in [0.3, 0.4) is 0 Å². The molecule has 2 aliphatic rings. The fourth-order valence-electron chi connectivity index (χ4n) is 3.67. The SMILES string of the molecule is Cc1ccc(OC(C)(C)C(=O)N[C@H]2C[C@H]3CO[C@@H](CCO)CN3C2)cc1. The van der Waals surface area contributed by atoms with Crippen molar-refractivity contribution in [3.8, 4) is 5.75 Å². The first kappa shape index (κ1) is 19.1. The summed E-state index contributed by atoms with van der Waals surface area (Å²) in [7, 11) is 0. The van der Waals surface area contributed by atoms with E-state index < -0.39 is 5.60 Å². The summed E-state index contributed by atoms with van der Waals surface area (Å²) in [6.45, 7) is 8.07. The lowest BCUT2D eigenvalue weighted by Gasteiger charge is -2.34. The molecule has 6 heteroatoms. The second-order valence-electron chi connectivity index (χ2n) is 7.91. The van der Waals surface area contributed by atoms with E-state index in [-0.39, 0.29) is 24.7 Å². The Morgan fingerprint density at radius 1 is 1.35 bits per heavy atom. The van der Waals surface area contributed by atoms with Crippen LogP contribution in [-0.2, 0) is 9.53 Å². The second kappa shape index (κ2) is 7.94. The van der Waals surface area contributed by atoms with Crippen molar-refractivity contribution in [3.05, 3.63) is 29.8 Å². The van der Waals surface area contributed by atoms with E-state index in [1.54, 1.807) is 13.8 Å². The summed E-state index contributed by atoms with van der Waals surface area (Å²) in [4.78, 5) is 15.1. The van der Waals surface area contributed by atoms with Crippen molar-refractivity contribution in [3.63, 3.8) is 0 Å². The molecular weight excluding hydrogens is 332 g/mol. The molecule has 0 saturated carbocycles. The molecule has 3 rings (SSSR count). The highest BCUT2D eigenvalue weighted by Gasteiger charge is 2.40. The molecule has 2 aliphatic heterocycles. The van der Waals surface area contributed by atoms with Gasteiger partial charge in [0.1, 0.15) is 5.75 Å². The van der Waals surface area contributed by atoms with Crippen LogP contribution in [0, 0.1) is 6.92 Å². The zero-order chi connectivity index (χ0) is 18.7. The third-order valence-corrected chi connectivity index (χ3v) is 5.22. The lowest BCUT2D eigenvalue weighted by Crippen LogP contribution is -2.51. The number of nitrogens with zero attached hydrogens (tertiary/aromatic N) is 1. The standard InChI is InChI=1S/C20H30N2O4/c1-14-4-6-17(7-5-14)26-20(2,3)19(24)21-15-10-16-13-25-18(8-9-23)12-22(16)11-15/h4-7,15-16,18,23H,8-13H2,1-3H3,(H,21,24)/t15-,16-,18-/m0/s1. The number of fused-ring (bicyclic) bond motifs is 1. The van der Waals surface area contributed by atoms with Crippen LogP contribution in [0.25, 0.3) is 0 Å². The van der Waals surface area contributed by atoms with Crippen LogP contribution in [0.1, 0.15) is 32.3 Å². The van der Waals surface area contributed by atoms with Crippen molar-refractivity contribution in [1.82, 2.24) is 10.2 Å². The Kier molecular flexibility index (Phi) is 5.85. The third-order valence-electron chi connectivity index (χ3n) is 5.22. The highest BCUT2D eigenvalue weighted by molar-refractivity contribution is 5.85.